The van der Waals surface area contributed by atoms with Crippen LogP contribution in [-0.2, 0) is 4.74 Å². The number of carboxylic acid groups (broad SMARTS) is 1. The van der Waals surface area contributed by atoms with Crippen LogP contribution in [0, 0.1) is 10.1 Å². The van der Waals surface area contributed by atoms with Crippen molar-refractivity contribution in [3.8, 4) is 0 Å². The van der Waals surface area contributed by atoms with Crippen molar-refractivity contribution in [2.24, 2.45) is 0 Å². The quantitative estimate of drug-likeness (QED) is 0.508. The molecule has 2 aliphatic rings. The number of carbonyl (C=O) groups is 2. The topological polar surface area (TPSA) is 113 Å². The average molecular weight is 335 g/mol. The van der Waals surface area contributed by atoms with E-state index in [-0.39, 0.29) is 23.3 Å². The summed E-state index contributed by atoms with van der Waals surface area (Å²) in [6, 6.07) is 4.13. The van der Waals surface area contributed by atoms with E-state index in [2.05, 4.69) is 4.74 Å². The van der Waals surface area contributed by atoms with E-state index in [1.165, 1.54) is 18.1 Å². The number of hydrogen-bond donors (Lipinski definition) is 1. The van der Waals surface area contributed by atoms with Crippen LogP contribution in [0.2, 0.25) is 0 Å². The summed E-state index contributed by atoms with van der Waals surface area (Å²) in [6.07, 6.45) is 0.510. The van der Waals surface area contributed by atoms with Crippen LogP contribution in [-0.4, -0.2) is 59.3 Å². The molecule has 1 aromatic carbocycles. The van der Waals surface area contributed by atoms with Crippen LogP contribution in [0.4, 0.5) is 16.2 Å². The Bertz CT molecular complexity index is 692. The highest BCUT2D eigenvalue weighted by Crippen LogP contribution is 2.38. The van der Waals surface area contributed by atoms with Crippen molar-refractivity contribution in [3.05, 3.63) is 33.9 Å². The molecule has 9 heteroatoms. The smallest absolute Gasteiger partial charge is 0.407 e. The first kappa shape index (κ1) is 16.0. The van der Waals surface area contributed by atoms with E-state index in [4.69, 9.17) is 0 Å². The van der Waals surface area contributed by atoms with E-state index in [0.717, 1.165) is 12.8 Å². The molecule has 2 heterocycles. The summed E-state index contributed by atoms with van der Waals surface area (Å²) in [4.78, 5) is 37.3. The number of hydrogen-bond acceptors (Lipinski definition) is 6. The fourth-order valence-corrected chi connectivity index (χ4v) is 3.67. The summed E-state index contributed by atoms with van der Waals surface area (Å²) < 4.78 is 4.62. The van der Waals surface area contributed by atoms with Gasteiger partial charge in [0.2, 0.25) is 0 Å². The average Bonchev–Trinajstić information content (AvgIpc) is 2.84. The molecule has 2 atom stereocenters. The predicted molar refractivity (Wildman–Crippen MR) is 83.3 cm³/mol. The summed E-state index contributed by atoms with van der Waals surface area (Å²) in [5.74, 6) is -0.768. The third-order valence-corrected chi connectivity index (χ3v) is 4.65. The molecule has 1 aromatic rings. The second-order valence-corrected chi connectivity index (χ2v) is 5.90. The van der Waals surface area contributed by atoms with Gasteiger partial charge in [-0.1, -0.05) is 6.07 Å². The van der Waals surface area contributed by atoms with Gasteiger partial charge in [0.05, 0.1) is 24.1 Å². The van der Waals surface area contributed by atoms with Crippen molar-refractivity contribution in [2.45, 2.75) is 24.9 Å². The van der Waals surface area contributed by atoms with Crippen LogP contribution in [0.25, 0.3) is 0 Å². The molecule has 24 heavy (non-hydrogen) atoms. The van der Waals surface area contributed by atoms with E-state index >= 15 is 0 Å². The summed E-state index contributed by atoms with van der Waals surface area (Å²) in [5.41, 5.74) is -0.0784. The zero-order chi connectivity index (χ0) is 17.4. The van der Waals surface area contributed by atoms with Crippen molar-refractivity contribution in [3.63, 3.8) is 0 Å². The van der Waals surface area contributed by atoms with Crippen LogP contribution >= 0.6 is 0 Å². The normalized spacial score (nSPS) is 22.4. The van der Waals surface area contributed by atoms with Crippen LogP contribution in [0.3, 0.4) is 0 Å². The lowest BCUT2D eigenvalue weighted by Gasteiger charge is -2.40. The molecule has 1 N–H and O–H groups in total. The van der Waals surface area contributed by atoms with Gasteiger partial charge in [-0.25, -0.2) is 9.59 Å². The summed E-state index contributed by atoms with van der Waals surface area (Å²) in [7, 11) is 1.17. The van der Waals surface area contributed by atoms with Gasteiger partial charge in [-0.15, -0.1) is 0 Å². The molecule has 2 fully saturated rings. The lowest BCUT2D eigenvalue weighted by Crippen LogP contribution is -2.55. The molecule has 0 unspecified atom stereocenters. The molecule has 1 amide bonds. The molecule has 9 nitrogen and oxygen atoms in total. The molecule has 0 radical (unpaired) electrons. The van der Waals surface area contributed by atoms with Gasteiger partial charge < -0.3 is 14.7 Å². The molecule has 2 aliphatic heterocycles. The first-order valence-corrected chi connectivity index (χ1v) is 7.56. The first-order chi connectivity index (χ1) is 11.4. The third kappa shape index (κ3) is 2.51. The lowest BCUT2D eigenvalue weighted by atomic mass is 10.1. The summed E-state index contributed by atoms with van der Waals surface area (Å²) >= 11 is 0. The summed E-state index contributed by atoms with van der Waals surface area (Å²) in [6.45, 7) is 0.739. The Balaban J connectivity index is 1.98. The number of para-hydroxylation sites is 1. The fourth-order valence-electron chi connectivity index (χ4n) is 3.67. The third-order valence-electron chi connectivity index (χ3n) is 4.65. The number of nitro groups is 1. The van der Waals surface area contributed by atoms with Gasteiger partial charge >= 0.3 is 17.7 Å². The molecule has 0 saturated carbocycles. The van der Waals surface area contributed by atoms with Gasteiger partial charge in [0.1, 0.15) is 11.3 Å². The number of methoxy groups -OCH3 is 1. The van der Waals surface area contributed by atoms with E-state index in [9.17, 15) is 24.8 Å². The number of esters is 1. The Kier molecular flexibility index (Phi) is 4.00. The minimum Gasteiger partial charge on any atom is -0.465 e. The highest BCUT2D eigenvalue weighted by Gasteiger charge is 2.44. The van der Waals surface area contributed by atoms with Gasteiger partial charge in [0, 0.05) is 13.1 Å². The Labute approximate surface area is 137 Å². The zero-order valence-corrected chi connectivity index (χ0v) is 13.0. The predicted octanol–water partition coefficient (Wildman–Crippen LogP) is 1.71. The SMILES string of the molecule is COC(=O)c1cccc(N2C[C@H]3CC[C@@H](C2)N3C(=O)O)c1[N+](=O)[O-]. The van der Waals surface area contributed by atoms with E-state index in [1.54, 1.807) is 17.0 Å². The van der Waals surface area contributed by atoms with Gasteiger partial charge in [0.15, 0.2) is 0 Å². The maximum Gasteiger partial charge on any atom is 0.407 e. The number of rotatable bonds is 3. The Morgan fingerprint density at radius 2 is 1.92 bits per heavy atom. The molecule has 0 aliphatic carbocycles. The highest BCUT2D eigenvalue weighted by molar-refractivity contribution is 5.96. The lowest BCUT2D eigenvalue weighted by molar-refractivity contribution is -0.384. The summed E-state index contributed by atoms with van der Waals surface area (Å²) in [5, 5.41) is 20.8. The van der Waals surface area contributed by atoms with Gasteiger partial charge in [-0.2, -0.15) is 0 Å². The first-order valence-electron chi connectivity index (χ1n) is 7.56. The molecule has 0 aromatic heterocycles. The van der Waals surface area contributed by atoms with Crippen LogP contribution < -0.4 is 4.90 Å². The number of fused-ring (bicyclic) bond motifs is 2. The van der Waals surface area contributed by atoms with Crippen molar-refractivity contribution < 1.29 is 24.4 Å². The molecule has 3 rings (SSSR count). The molecule has 2 saturated heterocycles. The maximum atomic E-state index is 11.8. The largest absolute Gasteiger partial charge is 0.465 e. The zero-order valence-electron chi connectivity index (χ0n) is 13.0. The minimum atomic E-state index is -0.958. The Morgan fingerprint density at radius 3 is 2.42 bits per heavy atom. The van der Waals surface area contributed by atoms with Crippen molar-refractivity contribution in [2.75, 3.05) is 25.1 Å². The number of anilines is 1. The van der Waals surface area contributed by atoms with E-state index in [1.807, 2.05) is 0 Å². The number of ether oxygens (including phenoxy) is 1. The van der Waals surface area contributed by atoms with Gasteiger partial charge in [0.25, 0.3) is 0 Å². The molecule has 128 valence electrons. The second kappa shape index (κ2) is 5.99. The van der Waals surface area contributed by atoms with E-state index < -0.39 is 17.0 Å². The van der Waals surface area contributed by atoms with Crippen LogP contribution in [0.5, 0.6) is 0 Å². The van der Waals surface area contributed by atoms with Crippen LogP contribution in [0.1, 0.15) is 23.2 Å². The molecule has 2 bridgehead atoms. The van der Waals surface area contributed by atoms with Crippen molar-refractivity contribution >= 4 is 23.4 Å². The number of amides is 1. The minimum absolute atomic E-state index is 0.104. The maximum absolute atomic E-state index is 11.8. The number of benzene rings is 1. The van der Waals surface area contributed by atoms with E-state index in [0.29, 0.717) is 18.8 Å². The molecule has 0 spiro atoms. The molecular weight excluding hydrogens is 318 g/mol. The Morgan fingerprint density at radius 1 is 1.29 bits per heavy atom. The number of nitrogens with zero attached hydrogens (tertiary/aromatic N) is 3. The monoisotopic (exact) mass is 335 g/mol. The van der Waals surface area contributed by atoms with Gasteiger partial charge in [-0.05, 0) is 25.0 Å². The van der Waals surface area contributed by atoms with Crippen molar-refractivity contribution in [1.82, 2.24) is 4.90 Å². The molecular formula is C15H17N3O6. The van der Waals surface area contributed by atoms with Crippen LogP contribution in [0.15, 0.2) is 18.2 Å². The number of carbonyl (C=O) groups excluding carboxylic acids is 1. The van der Waals surface area contributed by atoms with Crippen molar-refractivity contribution in [1.29, 1.82) is 0 Å². The van der Waals surface area contributed by atoms with Gasteiger partial charge in [-0.3, -0.25) is 15.0 Å². The number of piperazine rings is 1. The fraction of sp³-hybridized carbons (Fsp3) is 0.467. The highest BCUT2D eigenvalue weighted by atomic mass is 16.6. The standard InChI is InChI=1S/C15H17N3O6/c1-24-14(19)11-3-2-4-12(13(11)18(22)23)16-7-9-5-6-10(8-16)17(9)15(20)21/h2-4,9-10H,5-8H2,1H3,(H,20,21)/t9-,10+. The Hall–Kier alpha value is -2.84. The number of nitro benzene ring substituents is 1. The second-order valence-electron chi connectivity index (χ2n) is 5.90.